The second kappa shape index (κ2) is 9.97. The molecule has 1 amide bonds. The van der Waals surface area contributed by atoms with Crippen molar-refractivity contribution < 1.29 is 4.79 Å². The number of halogens is 2. The summed E-state index contributed by atoms with van der Waals surface area (Å²) in [5.74, 6) is 6.43. The van der Waals surface area contributed by atoms with Crippen molar-refractivity contribution in [2.24, 2.45) is 0 Å². The van der Waals surface area contributed by atoms with E-state index in [0.717, 1.165) is 16.5 Å². The van der Waals surface area contributed by atoms with E-state index in [1.807, 2.05) is 30.3 Å². The first-order valence-electron chi connectivity index (χ1n) is 10.1. The monoisotopic (exact) mass is 475 g/mol. The highest BCUT2D eigenvalue weighted by Gasteiger charge is 2.16. The van der Waals surface area contributed by atoms with Gasteiger partial charge in [-0.3, -0.25) is 14.8 Å². The van der Waals surface area contributed by atoms with Crippen molar-refractivity contribution >= 4 is 45.8 Å². The Bertz CT molecular complexity index is 1390. The van der Waals surface area contributed by atoms with Crippen LogP contribution in [0.4, 0.5) is 5.82 Å². The van der Waals surface area contributed by atoms with Gasteiger partial charge < -0.3 is 10.6 Å². The summed E-state index contributed by atoms with van der Waals surface area (Å²) in [6, 6.07) is 12.7. The van der Waals surface area contributed by atoms with E-state index < -0.39 is 0 Å². The molecule has 0 fully saturated rings. The van der Waals surface area contributed by atoms with Gasteiger partial charge in [0, 0.05) is 40.7 Å². The zero-order valence-electron chi connectivity index (χ0n) is 17.9. The van der Waals surface area contributed by atoms with Gasteiger partial charge >= 0.3 is 0 Å². The molecular weight excluding hydrogens is 457 g/mol. The molecular formula is C25H19Cl2N5O. The summed E-state index contributed by atoms with van der Waals surface area (Å²) < 4.78 is 0. The molecule has 0 saturated carbocycles. The van der Waals surface area contributed by atoms with Crippen LogP contribution in [0.25, 0.3) is 22.0 Å². The summed E-state index contributed by atoms with van der Waals surface area (Å²) >= 11 is 12.8. The Morgan fingerprint density at radius 1 is 1.06 bits per heavy atom. The van der Waals surface area contributed by atoms with E-state index in [0.29, 0.717) is 32.7 Å². The largest absolute Gasteiger partial charge is 0.309 e. The third kappa shape index (κ3) is 5.12. The number of carbonyl (C=O) groups is 1. The Kier molecular flexibility index (Phi) is 6.85. The van der Waals surface area contributed by atoms with Crippen LogP contribution in [0.15, 0.2) is 61.1 Å². The molecule has 1 unspecified atom stereocenters. The first kappa shape index (κ1) is 22.7. The molecule has 8 heteroatoms. The molecule has 0 bridgehead atoms. The number of nitrogens with one attached hydrogen (secondary N) is 2. The lowest BCUT2D eigenvalue weighted by molar-refractivity contribution is -0.117. The number of carbonyl (C=O) groups excluding carboxylic acids is 1. The number of hydrogen-bond acceptors (Lipinski definition) is 5. The molecule has 0 spiro atoms. The van der Waals surface area contributed by atoms with Crippen molar-refractivity contribution in [3.8, 4) is 23.0 Å². The molecule has 0 aliphatic rings. The number of fused-ring (bicyclic) bond motifs is 1. The number of likely N-dealkylation sites (N-methyl/N-ethyl adjacent to an activating group) is 1. The van der Waals surface area contributed by atoms with Gasteiger partial charge in [0.25, 0.3) is 0 Å². The van der Waals surface area contributed by atoms with E-state index in [4.69, 9.17) is 23.2 Å². The number of pyridine rings is 3. The fraction of sp³-hybridized carbons (Fsp3) is 0.120. The van der Waals surface area contributed by atoms with Crippen LogP contribution < -0.4 is 10.6 Å². The molecule has 33 heavy (non-hydrogen) atoms. The van der Waals surface area contributed by atoms with Crippen LogP contribution in [-0.4, -0.2) is 33.9 Å². The van der Waals surface area contributed by atoms with E-state index in [2.05, 4.69) is 37.4 Å². The molecule has 3 aromatic heterocycles. The topological polar surface area (TPSA) is 79.8 Å². The lowest BCUT2D eigenvalue weighted by atomic mass is 10.0. The van der Waals surface area contributed by atoms with E-state index in [1.54, 1.807) is 32.3 Å². The average molecular weight is 476 g/mol. The number of rotatable bonds is 4. The minimum absolute atomic E-state index is 0.210. The maximum Gasteiger partial charge on any atom is 0.242 e. The number of anilines is 1. The van der Waals surface area contributed by atoms with Crippen LogP contribution in [0.1, 0.15) is 18.2 Å². The van der Waals surface area contributed by atoms with E-state index in [1.165, 1.54) is 12.4 Å². The fourth-order valence-corrected chi connectivity index (χ4v) is 3.71. The molecule has 0 saturated heterocycles. The molecule has 0 aliphatic carbocycles. The Hall–Kier alpha value is -3.50. The van der Waals surface area contributed by atoms with Gasteiger partial charge in [0.15, 0.2) is 0 Å². The maximum atomic E-state index is 12.3. The minimum atomic E-state index is -0.378. The predicted molar refractivity (Wildman–Crippen MR) is 132 cm³/mol. The van der Waals surface area contributed by atoms with E-state index >= 15 is 0 Å². The normalized spacial score (nSPS) is 11.5. The highest BCUT2D eigenvalue weighted by Crippen LogP contribution is 2.35. The van der Waals surface area contributed by atoms with Crippen molar-refractivity contribution in [2.75, 3.05) is 12.4 Å². The van der Waals surface area contributed by atoms with E-state index in [9.17, 15) is 4.79 Å². The van der Waals surface area contributed by atoms with Crippen molar-refractivity contribution in [1.29, 1.82) is 0 Å². The minimum Gasteiger partial charge on any atom is -0.309 e. The van der Waals surface area contributed by atoms with Gasteiger partial charge in [0.05, 0.1) is 21.6 Å². The molecule has 0 aliphatic heterocycles. The van der Waals surface area contributed by atoms with Crippen molar-refractivity contribution in [3.05, 3.63) is 82.4 Å². The molecule has 0 radical (unpaired) electrons. The Morgan fingerprint density at radius 3 is 2.61 bits per heavy atom. The number of aromatic nitrogens is 3. The summed E-state index contributed by atoms with van der Waals surface area (Å²) in [6.45, 7) is 1.76. The van der Waals surface area contributed by atoms with Crippen LogP contribution >= 0.6 is 23.2 Å². The zero-order valence-corrected chi connectivity index (χ0v) is 19.4. The smallest absolute Gasteiger partial charge is 0.242 e. The molecule has 4 rings (SSSR count). The summed E-state index contributed by atoms with van der Waals surface area (Å²) in [5, 5.41) is 7.44. The zero-order chi connectivity index (χ0) is 23.4. The average Bonchev–Trinajstić information content (AvgIpc) is 2.82. The van der Waals surface area contributed by atoms with Gasteiger partial charge in [-0.15, -0.1) is 0 Å². The second-order valence-electron chi connectivity index (χ2n) is 7.23. The van der Waals surface area contributed by atoms with Gasteiger partial charge in [0.2, 0.25) is 5.91 Å². The third-order valence-corrected chi connectivity index (χ3v) is 5.60. The second-order valence-corrected chi connectivity index (χ2v) is 8.05. The SMILES string of the molecule is CNC(C)C(=O)Nc1ccc(-c2c(Cl)cncc2Cl)c(C#Cc2ccc3ncccc3c2)n1. The standard InChI is InChI=1S/C25H19Cl2N5O/c1-15(28-2)25(33)32-23-10-7-18(24-19(26)13-29-14-20(24)27)22(31-23)9-6-16-5-8-21-17(12-16)4-3-11-30-21/h3-5,7-8,10-15,28H,1-2H3,(H,31,32,33). The summed E-state index contributed by atoms with van der Waals surface area (Å²) in [6.07, 6.45) is 4.78. The summed E-state index contributed by atoms with van der Waals surface area (Å²) in [5.41, 5.74) is 3.33. The number of benzene rings is 1. The van der Waals surface area contributed by atoms with Crippen molar-refractivity contribution in [1.82, 2.24) is 20.3 Å². The molecule has 3 heterocycles. The third-order valence-electron chi connectivity index (χ3n) is 5.02. The van der Waals surface area contributed by atoms with E-state index in [-0.39, 0.29) is 11.9 Å². The maximum absolute atomic E-state index is 12.3. The number of amides is 1. The summed E-state index contributed by atoms with van der Waals surface area (Å²) in [7, 11) is 1.71. The van der Waals surface area contributed by atoms with Crippen LogP contribution in [0.3, 0.4) is 0 Å². The van der Waals surface area contributed by atoms with Crippen molar-refractivity contribution in [3.63, 3.8) is 0 Å². The Labute approximate surface area is 201 Å². The van der Waals surface area contributed by atoms with Gasteiger partial charge in [0.1, 0.15) is 11.5 Å². The van der Waals surface area contributed by atoms with Gasteiger partial charge in [-0.1, -0.05) is 35.2 Å². The van der Waals surface area contributed by atoms with Gasteiger partial charge in [-0.25, -0.2) is 4.98 Å². The van der Waals surface area contributed by atoms with Crippen LogP contribution in [-0.2, 0) is 4.79 Å². The fourth-order valence-electron chi connectivity index (χ4n) is 3.14. The number of nitrogens with zero attached hydrogens (tertiary/aromatic N) is 3. The first-order chi connectivity index (χ1) is 16.0. The quantitative estimate of drug-likeness (QED) is 0.408. The Balaban J connectivity index is 1.80. The predicted octanol–water partition coefficient (Wildman–Crippen LogP) is 4.94. The van der Waals surface area contributed by atoms with Gasteiger partial charge in [-0.2, -0.15) is 0 Å². The molecule has 4 aromatic rings. The molecule has 2 N–H and O–H groups in total. The van der Waals surface area contributed by atoms with Crippen LogP contribution in [0, 0.1) is 11.8 Å². The highest BCUT2D eigenvalue weighted by atomic mass is 35.5. The lowest BCUT2D eigenvalue weighted by Crippen LogP contribution is -2.35. The first-order valence-corrected chi connectivity index (χ1v) is 10.9. The lowest BCUT2D eigenvalue weighted by Gasteiger charge is -2.13. The van der Waals surface area contributed by atoms with Crippen molar-refractivity contribution in [2.45, 2.75) is 13.0 Å². The van der Waals surface area contributed by atoms with Crippen LogP contribution in [0.2, 0.25) is 10.0 Å². The molecule has 1 atom stereocenters. The Morgan fingerprint density at radius 2 is 1.85 bits per heavy atom. The molecule has 6 nitrogen and oxygen atoms in total. The van der Waals surface area contributed by atoms with Gasteiger partial charge in [-0.05, 0) is 56.3 Å². The molecule has 1 aromatic carbocycles. The number of hydrogen-bond donors (Lipinski definition) is 2. The highest BCUT2D eigenvalue weighted by molar-refractivity contribution is 6.39. The van der Waals surface area contributed by atoms with Crippen LogP contribution in [0.5, 0.6) is 0 Å². The molecule has 164 valence electrons. The summed E-state index contributed by atoms with van der Waals surface area (Å²) in [4.78, 5) is 25.2.